The number of nitrogens with zero attached hydrogens (tertiary/aromatic N) is 1. The van der Waals surface area contributed by atoms with E-state index in [1.165, 1.54) is 0 Å². The lowest BCUT2D eigenvalue weighted by Gasteiger charge is -2.27. The van der Waals surface area contributed by atoms with Crippen LogP contribution < -0.4 is 4.74 Å². The average molecular weight is 444 g/mol. The fourth-order valence-electron chi connectivity index (χ4n) is 3.89. The largest absolute Gasteiger partial charge is 0.497 e. The summed E-state index contributed by atoms with van der Waals surface area (Å²) in [7, 11) is 1.64. The van der Waals surface area contributed by atoms with E-state index in [2.05, 4.69) is 6.26 Å². The number of rotatable bonds is 10. The van der Waals surface area contributed by atoms with E-state index >= 15 is 0 Å². The molecule has 4 rings (SSSR count). The lowest BCUT2D eigenvalue weighted by atomic mass is 10.1. The van der Waals surface area contributed by atoms with Crippen molar-refractivity contribution in [1.29, 1.82) is 0 Å². The topological polar surface area (TPSA) is 60.5 Å². The van der Waals surface area contributed by atoms with E-state index in [1.807, 2.05) is 59.5 Å². The molecule has 0 aromatic heterocycles. The molecule has 2 heterocycles. The summed E-state index contributed by atoms with van der Waals surface area (Å²) in [5.41, 5.74) is 2.10. The van der Waals surface area contributed by atoms with Gasteiger partial charge in [0.1, 0.15) is 18.1 Å². The Morgan fingerprint density at radius 1 is 1.16 bits per heavy atom. The Bertz CT molecular complexity index is 847. The molecule has 6 nitrogen and oxygen atoms in total. The monoisotopic (exact) mass is 443 g/mol. The first-order valence-electron chi connectivity index (χ1n) is 10.5. The third-order valence-corrected chi connectivity index (χ3v) is 6.25. The maximum Gasteiger partial charge on any atom is 0.257 e. The van der Waals surface area contributed by atoms with Crippen molar-refractivity contribution in [3.8, 4) is 5.75 Å². The zero-order chi connectivity index (χ0) is 21.6. The quantitative estimate of drug-likeness (QED) is 0.523. The Kier molecular flexibility index (Phi) is 7.50. The van der Waals surface area contributed by atoms with E-state index in [0.717, 1.165) is 29.1 Å². The molecular weight excluding hydrogens is 414 g/mol. The molecule has 0 N–H and O–H groups in total. The highest BCUT2D eigenvalue weighted by atomic mass is 32.2. The smallest absolute Gasteiger partial charge is 0.257 e. The summed E-state index contributed by atoms with van der Waals surface area (Å²) < 4.78 is 22.9. The number of carbonyl (C=O) groups is 1. The van der Waals surface area contributed by atoms with E-state index in [0.29, 0.717) is 19.8 Å². The molecule has 4 atom stereocenters. The van der Waals surface area contributed by atoms with Gasteiger partial charge in [0, 0.05) is 6.42 Å². The molecule has 0 saturated carbocycles. The van der Waals surface area contributed by atoms with Gasteiger partial charge >= 0.3 is 0 Å². The minimum Gasteiger partial charge on any atom is -0.497 e. The van der Waals surface area contributed by atoms with Gasteiger partial charge in [-0.1, -0.05) is 42.5 Å². The standard InChI is InChI=1S/C24H29NO5S/c1-27-20-10-8-18(9-11-20)22-23(30-22)24(26)25-19(16-29-21(25)12-13-31-2)15-28-14-17-6-4-3-5-7-17/h3-11,19,21-23H,12-16H2,1-2H3/t19-,21-,22-,23+/m0/s1. The predicted octanol–water partition coefficient (Wildman–Crippen LogP) is 3.66. The fraction of sp³-hybridized carbons (Fsp3) is 0.458. The van der Waals surface area contributed by atoms with Crippen LogP contribution in [0.2, 0.25) is 0 Å². The number of ether oxygens (including phenoxy) is 4. The van der Waals surface area contributed by atoms with Crippen molar-refractivity contribution in [1.82, 2.24) is 4.90 Å². The van der Waals surface area contributed by atoms with Crippen LogP contribution in [0.1, 0.15) is 23.7 Å². The summed E-state index contributed by atoms with van der Waals surface area (Å²) in [6, 6.07) is 17.6. The Hall–Kier alpha value is -2.06. The van der Waals surface area contributed by atoms with Crippen molar-refractivity contribution in [3.05, 3.63) is 65.7 Å². The fourth-order valence-corrected chi connectivity index (χ4v) is 4.33. The molecule has 31 heavy (non-hydrogen) atoms. The van der Waals surface area contributed by atoms with Gasteiger partial charge in [0.05, 0.1) is 33.0 Å². The Labute approximate surface area is 187 Å². The highest BCUT2D eigenvalue weighted by molar-refractivity contribution is 7.98. The minimum absolute atomic E-state index is 0.0160. The van der Waals surface area contributed by atoms with Crippen molar-refractivity contribution in [3.63, 3.8) is 0 Å². The molecule has 2 aliphatic heterocycles. The maximum atomic E-state index is 13.4. The van der Waals surface area contributed by atoms with E-state index in [1.54, 1.807) is 18.9 Å². The van der Waals surface area contributed by atoms with Crippen LogP contribution in [0.3, 0.4) is 0 Å². The summed E-state index contributed by atoms with van der Waals surface area (Å²) in [5.74, 6) is 1.70. The number of amides is 1. The lowest BCUT2D eigenvalue weighted by Crippen LogP contribution is -2.46. The lowest BCUT2D eigenvalue weighted by molar-refractivity contribution is -0.140. The van der Waals surface area contributed by atoms with Crippen LogP contribution in [0.5, 0.6) is 5.75 Å². The summed E-state index contributed by atoms with van der Waals surface area (Å²) in [6.45, 7) is 1.44. The molecule has 0 bridgehead atoms. The summed E-state index contributed by atoms with van der Waals surface area (Å²) in [6.07, 6.45) is 1.94. The van der Waals surface area contributed by atoms with E-state index in [-0.39, 0.29) is 24.3 Å². The van der Waals surface area contributed by atoms with Crippen LogP contribution in [0.25, 0.3) is 0 Å². The third-order valence-electron chi connectivity index (χ3n) is 5.61. The Morgan fingerprint density at radius 2 is 1.94 bits per heavy atom. The average Bonchev–Trinajstić information content (AvgIpc) is 3.52. The summed E-state index contributed by atoms with van der Waals surface area (Å²) in [5, 5.41) is 0. The van der Waals surface area contributed by atoms with Crippen LogP contribution in [0.4, 0.5) is 0 Å². The van der Waals surface area contributed by atoms with Crippen molar-refractivity contribution < 1.29 is 23.7 Å². The molecule has 1 amide bonds. The minimum atomic E-state index is -0.469. The van der Waals surface area contributed by atoms with Crippen LogP contribution in [-0.2, 0) is 25.6 Å². The number of carbonyl (C=O) groups excluding carboxylic acids is 1. The highest BCUT2D eigenvalue weighted by Gasteiger charge is 2.52. The summed E-state index contributed by atoms with van der Waals surface area (Å²) in [4.78, 5) is 15.2. The molecule has 0 radical (unpaired) electrons. The summed E-state index contributed by atoms with van der Waals surface area (Å²) >= 11 is 1.75. The number of benzene rings is 2. The predicted molar refractivity (Wildman–Crippen MR) is 120 cm³/mol. The van der Waals surface area contributed by atoms with Crippen LogP contribution in [0.15, 0.2) is 54.6 Å². The molecule has 2 aliphatic rings. The number of hydrogen-bond acceptors (Lipinski definition) is 6. The molecular formula is C24H29NO5S. The van der Waals surface area contributed by atoms with Crippen LogP contribution in [-0.4, -0.2) is 61.5 Å². The Morgan fingerprint density at radius 3 is 2.65 bits per heavy atom. The van der Waals surface area contributed by atoms with Crippen molar-refractivity contribution in [2.75, 3.05) is 32.3 Å². The molecule has 2 saturated heterocycles. The molecule has 7 heteroatoms. The van der Waals surface area contributed by atoms with Crippen LogP contribution in [0, 0.1) is 0 Å². The first-order valence-corrected chi connectivity index (χ1v) is 11.9. The van der Waals surface area contributed by atoms with Crippen molar-refractivity contribution in [2.24, 2.45) is 0 Å². The first kappa shape index (κ1) is 22.1. The normalized spacial score (nSPS) is 24.9. The van der Waals surface area contributed by atoms with Gasteiger partial charge in [-0.25, -0.2) is 0 Å². The number of thioether (sulfide) groups is 1. The second-order valence-electron chi connectivity index (χ2n) is 7.72. The zero-order valence-corrected chi connectivity index (χ0v) is 18.8. The van der Waals surface area contributed by atoms with Gasteiger partial charge in [-0.05, 0) is 35.3 Å². The van der Waals surface area contributed by atoms with E-state index in [9.17, 15) is 4.79 Å². The van der Waals surface area contributed by atoms with Crippen molar-refractivity contribution in [2.45, 2.75) is 37.5 Å². The molecule has 0 spiro atoms. The molecule has 166 valence electrons. The molecule has 0 unspecified atom stereocenters. The first-order chi connectivity index (χ1) is 15.2. The second kappa shape index (κ2) is 10.5. The Balaban J connectivity index is 1.39. The van der Waals surface area contributed by atoms with E-state index < -0.39 is 6.10 Å². The van der Waals surface area contributed by atoms with Gasteiger partial charge in [-0.3, -0.25) is 4.79 Å². The second-order valence-corrected chi connectivity index (χ2v) is 8.71. The zero-order valence-electron chi connectivity index (χ0n) is 17.9. The van der Waals surface area contributed by atoms with Gasteiger partial charge < -0.3 is 23.8 Å². The van der Waals surface area contributed by atoms with Gasteiger partial charge in [-0.2, -0.15) is 11.8 Å². The molecule has 2 aromatic rings. The molecule has 2 aromatic carbocycles. The molecule has 0 aliphatic carbocycles. The van der Waals surface area contributed by atoms with Gasteiger partial charge in [-0.15, -0.1) is 0 Å². The number of methoxy groups -OCH3 is 1. The van der Waals surface area contributed by atoms with Gasteiger partial charge in [0.2, 0.25) is 0 Å². The van der Waals surface area contributed by atoms with Gasteiger partial charge in [0.25, 0.3) is 5.91 Å². The van der Waals surface area contributed by atoms with Crippen molar-refractivity contribution >= 4 is 17.7 Å². The number of epoxide rings is 1. The van der Waals surface area contributed by atoms with E-state index in [4.69, 9.17) is 18.9 Å². The molecule has 2 fully saturated rings. The van der Waals surface area contributed by atoms with Gasteiger partial charge in [0.15, 0.2) is 6.10 Å². The highest BCUT2D eigenvalue weighted by Crippen LogP contribution is 2.41. The third kappa shape index (κ3) is 5.41. The maximum absolute atomic E-state index is 13.4. The SMILES string of the molecule is COc1ccc([C@@H]2O[C@H]2C(=O)N2[C@@H](COCc3ccccc3)CO[C@H]2CCSC)cc1. The van der Waals surface area contributed by atoms with Crippen LogP contribution >= 0.6 is 11.8 Å². The number of hydrogen-bond donors (Lipinski definition) is 0.